The van der Waals surface area contributed by atoms with Gasteiger partial charge in [-0.05, 0) is 49.4 Å². The van der Waals surface area contributed by atoms with Crippen LogP contribution in [0.15, 0.2) is 48.5 Å². The summed E-state index contributed by atoms with van der Waals surface area (Å²) < 4.78 is 19.8. The number of fused-ring (bicyclic) bond motifs is 1. The Kier molecular flexibility index (Phi) is 6.70. The lowest BCUT2D eigenvalue weighted by Gasteiger charge is -2.38. The molecule has 2 amide bonds. The minimum atomic E-state index is -0.626. The lowest BCUT2D eigenvalue weighted by atomic mass is 10.1. The summed E-state index contributed by atoms with van der Waals surface area (Å²) in [6.45, 7) is 2.31. The van der Waals surface area contributed by atoms with Gasteiger partial charge in [0.05, 0.1) is 18.8 Å². The molecule has 7 heteroatoms. The molecule has 1 N–H and O–H groups in total. The lowest BCUT2D eigenvalue weighted by Crippen LogP contribution is -2.53. The van der Waals surface area contributed by atoms with E-state index in [0.717, 1.165) is 38.0 Å². The Morgan fingerprint density at radius 3 is 2.58 bits per heavy atom. The molecule has 164 valence electrons. The summed E-state index contributed by atoms with van der Waals surface area (Å²) in [6, 6.07) is 14.0. The molecule has 2 aromatic rings. The molecule has 0 radical (unpaired) electrons. The van der Waals surface area contributed by atoms with Crippen molar-refractivity contribution in [3.8, 4) is 5.75 Å². The molecule has 0 aromatic heterocycles. The molecule has 1 fully saturated rings. The fraction of sp³-hybridized carbons (Fsp3) is 0.417. The lowest BCUT2D eigenvalue weighted by molar-refractivity contribution is -0.139. The van der Waals surface area contributed by atoms with E-state index < -0.39 is 6.10 Å². The van der Waals surface area contributed by atoms with Crippen molar-refractivity contribution in [3.05, 3.63) is 59.9 Å². The van der Waals surface area contributed by atoms with Crippen molar-refractivity contribution in [2.24, 2.45) is 0 Å². The molecule has 2 aliphatic heterocycles. The highest BCUT2D eigenvalue weighted by molar-refractivity contribution is 5.86. The zero-order chi connectivity index (χ0) is 21.6. The van der Waals surface area contributed by atoms with Crippen LogP contribution in [-0.2, 0) is 16.0 Å². The number of hydrogen-bond acceptors (Lipinski definition) is 4. The predicted octanol–water partition coefficient (Wildman–Crippen LogP) is 2.76. The maximum atomic E-state index is 13.8. The molecule has 1 saturated heterocycles. The zero-order valence-electron chi connectivity index (χ0n) is 17.6. The van der Waals surface area contributed by atoms with E-state index >= 15 is 0 Å². The zero-order valence-corrected chi connectivity index (χ0v) is 17.6. The second-order valence-electron chi connectivity index (χ2n) is 8.03. The number of nitrogens with zero attached hydrogens (tertiary/aromatic N) is 2. The van der Waals surface area contributed by atoms with Crippen LogP contribution in [0, 0.1) is 5.82 Å². The quantitative estimate of drug-likeness (QED) is 0.773. The van der Waals surface area contributed by atoms with Gasteiger partial charge >= 0.3 is 0 Å². The number of ether oxygens (including phenoxy) is 1. The summed E-state index contributed by atoms with van der Waals surface area (Å²) in [7, 11) is 0. The van der Waals surface area contributed by atoms with Crippen LogP contribution in [0.2, 0.25) is 0 Å². The molecule has 0 aliphatic carbocycles. The van der Waals surface area contributed by atoms with Gasteiger partial charge in [-0.15, -0.1) is 0 Å². The van der Waals surface area contributed by atoms with Crippen molar-refractivity contribution in [2.45, 2.75) is 31.8 Å². The van der Waals surface area contributed by atoms with E-state index in [4.69, 9.17) is 4.74 Å². The molecule has 0 saturated carbocycles. The maximum absolute atomic E-state index is 13.8. The standard InChI is InChI=1S/C24H28FN3O3/c25-19-9-3-2-8-18(19)12-13-26-23(29)17-28-16-22(24(30)27-14-6-1-7-15-27)31-21-11-5-4-10-20(21)28/h2-5,8-11,22H,1,6-7,12-17H2,(H,26,29)/t22-/m0/s1. The number of hydrogen-bond donors (Lipinski definition) is 1. The molecule has 1 atom stereocenters. The topological polar surface area (TPSA) is 61.9 Å². The van der Waals surface area contributed by atoms with Crippen molar-refractivity contribution >= 4 is 17.5 Å². The molecule has 0 unspecified atom stereocenters. The highest BCUT2D eigenvalue weighted by Gasteiger charge is 2.34. The first-order valence-corrected chi connectivity index (χ1v) is 10.9. The monoisotopic (exact) mass is 425 g/mol. The summed E-state index contributed by atoms with van der Waals surface area (Å²) >= 11 is 0. The van der Waals surface area contributed by atoms with Gasteiger partial charge in [0.15, 0.2) is 6.10 Å². The van der Waals surface area contributed by atoms with E-state index in [2.05, 4.69) is 5.32 Å². The van der Waals surface area contributed by atoms with Gasteiger partial charge in [0, 0.05) is 19.6 Å². The van der Waals surface area contributed by atoms with Crippen LogP contribution < -0.4 is 15.0 Å². The second-order valence-corrected chi connectivity index (χ2v) is 8.03. The van der Waals surface area contributed by atoms with Gasteiger partial charge in [-0.1, -0.05) is 30.3 Å². The molecular weight excluding hydrogens is 397 g/mol. The first-order valence-electron chi connectivity index (χ1n) is 10.9. The van der Waals surface area contributed by atoms with Crippen molar-refractivity contribution < 1.29 is 18.7 Å². The van der Waals surface area contributed by atoms with Gasteiger partial charge in [0.1, 0.15) is 11.6 Å². The van der Waals surface area contributed by atoms with Gasteiger partial charge in [-0.3, -0.25) is 9.59 Å². The molecular formula is C24H28FN3O3. The normalized spacial score (nSPS) is 18.2. The van der Waals surface area contributed by atoms with E-state index in [1.165, 1.54) is 6.07 Å². The molecule has 2 heterocycles. The van der Waals surface area contributed by atoms with Gasteiger partial charge in [0.2, 0.25) is 5.91 Å². The van der Waals surface area contributed by atoms with Crippen LogP contribution in [0.1, 0.15) is 24.8 Å². The molecule has 6 nitrogen and oxygen atoms in total. The van der Waals surface area contributed by atoms with Gasteiger partial charge < -0.3 is 19.9 Å². The van der Waals surface area contributed by atoms with Crippen LogP contribution in [0.3, 0.4) is 0 Å². The molecule has 2 aromatic carbocycles. The Bertz CT molecular complexity index is 930. The Morgan fingerprint density at radius 2 is 1.77 bits per heavy atom. The number of anilines is 1. The summed E-state index contributed by atoms with van der Waals surface area (Å²) in [6.07, 6.45) is 2.98. The van der Waals surface area contributed by atoms with Crippen molar-refractivity contribution in [1.82, 2.24) is 10.2 Å². The van der Waals surface area contributed by atoms with E-state index in [-0.39, 0.29) is 24.2 Å². The Balaban J connectivity index is 1.38. The smallest absolute Gasteiger partial charge is 0.265 e. The summed E-state index contributed by atoms with van der Waals surface area (Å²) in [5.41, 5.74) is 1.38. The van der Waals surface area contributed by atoms with Gasteiger partial charge in [0.25, 0.3) is 5.91 Å². The highest BCUT2D eigenvalue weighted by atomic mass is 19.1. The van der Waals surface area contributed by atoms with Crippen LogP contribution in [-0.4, -0.2) is 55.5 Å². The van der Waals surface area contributed by atoms with E-state index in [1.807, 2.05) is 34.1 Å². The van der Waals surface area contributed by atoms with E-state index in [1.54, 1.807) is 18.2 Å². The predicted molar refractivity (Wildman–Crippen MR) is 117 cm³/mol. The average molecular weight is 426 g/mol. The summed E-state index contributed by atoms with van der Waals surface area (Å²) in [5.74, 6) is 0.164. The number of carbonyl (C=O) groups is 2. The van der Waals surface area contributed by atoms with Crippen molar-refractivity contribution in [3.63, 3.8) is 0 Å². The van der Waals surface area contributed by atoms with E-state index in [0.29, 0.717) is 30.8 Å². The average Bonchev–Trinajstić information content (AvgIpc) is 2.80. The maximum Gasteiger partial charge on any atom is 0.265 e. The minimum absolute atomic E-state index is 0.0147. The second kappa shape index (κ2) is 9.81. The van der Waals surface area contributed by atoms with Crippen molar-refractivity contribution in [2.75, 3.05) is 37.6 Å². The fourth-order valence-corrected chi connectivity index (χ4v) is 4.17. The molecule has 0 bridgehead atoms. The third kappa shape index (κ3) is 5.16. The van der Waals surface area contributed by atoms with Crippen LogP contribution in [0.5, 0.6) is 5.75 Å². The summed E-state index contributed by atoms with van der Waals surface area (Å²) in [4.78, 5) is 29.3. The Labute approximate surface area is 182 Å². The van der Waals surface area contributed by atoms with Crippen LogP contribution in [0.4, 0.5) is 10.1 Å². The number of halogens is 1. The minimum Gasteiger partial charge on any atom is -0.477 e. The van der Waals surface area contributed by atoms with Crippen LogP contribution >= 0.6 is 0 Å². The SMILES string of the molecule is O=C(CN1C[C@@H](C(=O)N2CCCCC2)Oc2ccccc21)NCCc1ccccc1F. The highest BCUT2D eigenvalue weighted by Crippen LogP contribution is 2.33. The Morgan fingerprint density at radius 1 is 1.03 bits per heavy atom. The van der Waals surface area contributed by atoms with Crippen LogP contribution in [0.25, 0.3) is 0 Å². The molecule has 0 spiro atoms. The number of carbonyl (C=O) groups excluding carboxylic acids is 2. The molecule has 31 heavy (non-hydrogen) atoms. The first-order chi connectivity index (χ1) is 15.1. The Hall–Kier alpha value is -3.09. The number of nitrogens with one attached hydrogen (secondary N) is 1. The van der Waals surface area contributed by atoms with E-state index in [9.17, 15) is 14.0 Å². The van der Waals surface area contributed by atoms with Gasteiger partial charge in [-0.2, -0.15) is 0 Å². The number of amides is 2. The number of likely N-dealkylation sites (tertiary alicyclic amines) is 1. The summed E-state index contributed by atoms with van der Waals surface area (Å²) in [5, 5.41) is 2.86. The van der Waals surface area contributed by atoms with Gasteiger partial charge in [-0.25, -0.2) is 4.39 Å². The number of rotatable bonds is 6. The third-order valence-corrected chi connectivity index (χ3v) is 5.81. The molecule has 4 rings (SSSR count). The number of para-hydroxylation sites is 2. The third-order valence-electron chi connectivity index (χ3n) is 5.81. The fourth-order valence-electron chi connectivity index (χ4n) is 4.17. The first kappa shape index (κ1) is 21.2. The van der Waals surface area contributed by atoms with Crippen molar-refractivity contribution in [1.29, 1.82) is 0 Å². The number of piperidine rings is 1. The number of benzene rings is 2. The molecule has 2 aliphatic rings. The largest absolute Gasteiger partial charge is 0.477 e.